The third-order valence-corrected chi connectivity index (χ3v) is 3.41. The number of ether oxygens (including phenoxy) is 1. The summed E-state index contributed by atoms with van der Waals surface area (Å²) in [5, 5.41) is 13.1. The predicted molar refractivity (Wildman–Crippen MR) is 77.5 cm³/mol. The summed E-state index contributed by atoms with van der Waals surface area (Å²) in [5.74, 6) is 0.780. The molecule has 0 saturated carbocycles. The fraction of sp³-hybridized carbons (Fsp3) is 0.500. The van der Waals surface area contributed by atoms with Crippen LogP contribution in [0.25, 0.3) is 0 Å². The van der Waals surface area contributed by atoms with E-state index in [-0.39, 0.29) is 5.75 Å². The molecule has 0 radical (unpaired) electrons. The second kappa shape index (κ2) is 7.19. The first-order valence-electron chi connectivity index (χ1n) is 7.13. The normalized spacial score (nSPS) is 14.5. The van der Waals surface area contributed by atoms with Crippen LogP contribution in [0.1, 0.15) is 38.2 Å². The number of phenolic OH excluding ortho intramolecular Hbond substituents is 1. The van der Waals surface area contributed by atoms with Gasteiger partial charge in [-0.15, -0.1) is 0 Å². The standard InChI is InChI=1S/C16H23NO2/c1-2-19-16-11-14(7-8-15(16)18)12-17-10-9-13-5-3-4-6-13/h5,7-8,11,17-18H,2-4,6,9-10,12H2,1H3. The molecule has 1 aliphatic rings. The molecule has 0 saturated heterocycles. The Labute approximate surface area is 115 Å². The lowest BCUT2D eigenvalue weighted by molar-refractivity contribution is 0.317. The molecule has 0 bridgehead atoms. The van der Waals surface area contributed by atoms with Crippen molar-refractivity contribution in [3.05, 3.63) is 35.4 Å². The van der Waals surface area contributed by atoms with E-state index < -0.39 is 0 Å². The average molecular weight is 261 g/mol. The van der Waals surface area contributed by atoms with E-state index in [1.54, 1.807) is 11.6 Å². The maximum absolute atomic E-state index is 9.63. The highest BCUT2D eigenvalue weighted by atomic mass is 16.5. The molecule has 19 heavy (non-hydrogen) atoms. The van der Waals surface area contributed by atoms with Gasteiger partial charge in [0.25, 0.3) is 0 Å². The first kappa shape index (κ1) is 13.9. The van der Waals surface area contributed by atoms with Crippen LogP contribution in [-0.4, -0.2) is 18.3 Å². The summed E-state index contributed by atoms with van der Waals surface area (Å²) in [4.78, 5) is 0. The number of phenols is 1. The fourth-order valence-corrected chi connectivity index (χ4v) is 2.39. The number of allylic oxidation sites excluding steroid dienone is 1. The molecule has 1 aromatic rings. The van der Waals surface area contributed by atoms with Crippen molar-refractivity contribution in [2.24, 2.45) is 0 Å². The molecular weight excluding hydrogens is 238 g/mol. The van der Waals surface area contributed by atoms with Crippen LogP contribution in [0.2, 0.25) is 0 Å². The van der Waals surface area contributed by atoms with Gasteiger partial charge in [0.1, 0.15) is 0 Å². The number of rotatable bonds is 7. The maximum atomic E-state index is 9.63. The van der Waals surface area contributed by atoms with Gasteiger partial charge in [-0.05, 0) is 56.8 Å². The second-order valence-electron chi connectivity index (χ2n) is 4.92. The zero-order chi connectivity index (χ0) is 13.5. The molecule has 0 unspecified atom stereocenters. The first-order chi connectivity index (χ1) is 9.29. The Morgan fingerprint density at radius 1 is 1.37 bits per heavy atom. The van der Waals surface area contributed by atoms with Crippen molar-refractivity contribution in [3.63, 3.8) is 0 Å². The Kier molecular flexibility index (Phi) is 5.28. The number of hydrogen-bond donors (Lipinski definition) is 2. The zero-order valence-corrected chi connectivity index (χ0v) is 11.6. The minimum Gasteiger partial charge on any atom is -0.504 e. The minimum absolute atomic E-state index is 0.210. The smallest absolute Gasteiger partial charge is 0.161 e. The van der Waals surface area contributed by atoms with Crippen LogP contribution in [0.3, 0.4) is 0 Å². The minimum atomic E-state index is 0.210. The van der Waals surface area contributed by atoms with Crippen molar-refractivity contribution in [1.82, 2.24) is 5.32 Å². The summed E-state index contributed by atoms with van der Waals surface area (Å²) < 4.78 is 5.38. The Bertz CT molecular complexity index is 440. The van der Waals surface area contributed by atoms with Crippen LogP contribution in [0, 0.1) is 0 Å². The Morgan fingerprint density at radius 2 is 2.26 bits per heavy atom. The molecule has 3 nitrogen and oxygen atoms in total. The Hall–Kier alpha value is -1.48. The van der Waals surface area contributed by atoms with Gasteiger partial charge in [-0.25, -0.2) is 0 Å². The lowest BCUT2D eigenvalue weighted by Crippen LogP contribution is -2.15. The van der Waals surface area contributed by atoms with E-state index in [4.69, 9.17) is 4.74 Å². The summed E-state index contributed by atoms with van der Waals surface area (Å²) in [7, 11) is 0. The monoisotopic (exact) mass is 261 g/mol. The van der Waals surface area contributed by atoms with E-state index in [2.05, 4.69) is 11.4 Å². The van der Waals surface area contributed by atoms with Crippen LogP contribution >= 0.6 is 0 Å². The number of benzene rings is 1. The molecule has 0 heterocycles. The van der Waals surface area contributed by atoms with Crippen molar-refractivity contribution in [2.45, 2.75) is 39.2 Å². The quantitative estimate of drug-likeness (QED) is 0.584. The van der Waals surface area contributed by atoms with Gasteiger partial charge in [0.05, 0.1) is 6.61 Å². The summed E-state index contributed by atoms with van der Waals surface area (Å²) in [6.45, 7) is 4.31. The van der Waals surface area contributed by atoms with E-state index in [9.17, 15) is 5.11 Å². The highest BCUT2D eigenvalue weighted by molar-refractivity contribution is 5.41. The van der Waals surface area contributed by atoms with Gasteiger partial charge in [0.2, 0.25) is 0 Å². The lowest BCUT2D eigenvalue weighted by atomic mass is 10.1. The summed E-state index contributed by atoms with van der Waals surface area (Å²) in [5.41, 5.74) is 2.73. The molecule has 0 amide bonds. The molecule has 0 fully saturated rings. The van der Waals surface area contributed by atoms with Gasteiger partial charge in [0.15, 0.2) is 11.5 Å². The van der Waals surface area contributed by atoms with Gasteiger partial charge >= 0.3 is 0 Å². The predicted octanol–water partition coefficient (Wildman–Crippen LogP) is 3.38. The molecule has 104 valence electrons. The molecule has 0 aliphatic heterocycles. The highest BCUT2D eigenvalue weighted by Crippen LogP contribution is 2.26. The van der Waals surface area contributed by atoms with Crippen molar-refractivity contribution in [3.8, 4) is 11.5 Å². The van der Waals surface area contributed by atoms with E-state index in [0.29, 0.717) is 12.4 Å². The number of nitrogens with one attached hydrogen (secondary N) is 1. The molecule has 2 N–H and O–H groups in total. The molecule has 0 spiro atoms. The Balaban J connectivity index is 1.77. The number of aromatic hydroxyl groups is 1. The fourth-order valence-electron chi connectivity index (χ4n) is 2.39. The van der Waals surface area contributed by atoms with Gasteiger partial charge < -0.3 is 15.2 Å². The number of hydrogen-bond acceptors (Lipinski definition) is 3. The SMILES string of the molecule is CCOc1cc(CNCCC2=CCCC2)ccc1O. The van der Waals surface area contributed by atoms with Gasteiger partial charge in [-0.1, -0.05) is 17.7 Å². The van der Waals surface area contributed by atoms with Crippen molar-refractivity contribution < 1.29 is 9.84 Å². The van der Waals surface area contributed by atoms with Crippen molar-refractivity contribution in [1.29, 1.82) is 0 Å². The van der Waals surface area contributed by atoms with Crippen LogP contribution < -0.4 is 10.1 Å². The van der Waals surface area contributed by atoms with Crippen LogP contribution in [0.4, 0.5) is 0 Å². The highest BCUT2D eigenvalue weighted by Gasteiger charge is 2.05. The van der Waals surface area contributed by atoms with Crippen LogP contribution in [0.5, 0.6) is 11.5 Å². The molecule has 3 heteroatoms. The third kappa shape index (κ3) is 4.28. The molecular formula is C16H23NO2. The average Bonchev–Trinajstić information content (AvgIpc) is 2.92. The van der Waals surface area contributed by atoms with E-state index in [0.717, 1.165) is 25.1 Å². The van der Waals surface area contributed by atoms with Crippen molar-refractivity contribution in [2.75, 3.05) is 13.2 Å². The van der Waals surface area contributed by atoms with Crippen LogP contribution in [0.15, 0.2) is 29.8 Å². The lowest BCUT2D eigenvalue weighted by Gasteiger charge is -2.09. The van der Waals surface area contributed by atoms with Crippen molar-refractivity contribution >= 4 is 0 Å². The molecule has 0 aromatic heterocycles. The second-order valence-corrected chi connectivity index (χ2v) is 4.92. The first-order valence-corrected chi connectivity index (χ1v) is 7.13. The van der Waals surface area contributed by atoms with Crippen LogP contribution in [-0.2, 0) is 6.54 Å². The topological polar surface area (TPSA) is 41.5 Å². The Morgan fingerprint density at radius 3 is 3.00 bits per heavy atom. The van der Waals surface area contributed by atoms with Gasteiger partial charge in [-0.3, -0.25) is 0 Å². The summed E-state index contributed by atoms with van der Waals surface area (Å²) >= 11 is 0. The van der Waals surface area contributed by atoms with E-state index in [1.165, 1.54) is 19.3 Å². The molecule has 2 rings (SSSR count). The maximum Gasteiger partial charge on any atom is 0.161 e. The van der Waals surface area contributed by atoms with E-state index >= 15 is 0 Å². The van der Waals surface area contributed by atoms with E-state index in [1.807, 2.05) is 19.1 Å². The molecule has 0 atom stereocenters. The molecule has 1 aliphatic carbocycles. The van der Waals surface area contributed by atoms with Gasteiger partial charge in [-0.2, -0.15) is 0 Å². The summed E-state index contributed by atoms with van der Waals surface area (Å²) in [6.07, 6.45) is 7.37. The molecule has 1 aromatic carbocycles. The largest absolute Gasteiger partial charge is 0.504 e. The zero-order valence-electron chi connectivity index (χ0n) is 11.6. The third-order valence-electron chi connectivity index (χ3n) is 3.41. The van der Waals surface area contributed by atoms with Gasteiger partial charge in [0, 0.05) is 6.54 Å². The summed E-state index contributed by atoms with van der Waals surface area (Å²) in [6, 6.07) is 5.53.